The van der Waals surface area contributed by atoms with Crippen LogP contribution in [0.25, 0.3) is 10.8 Å². The second kappa shape index (κ2) is 9.33. The highest BCUT2D eigenvalue weighted by molar-refractivity contribution is 6.04. The molecule has 0 atom stereocenters. The lowest BCUT2D eigenvalue weighted by Gasteiger charge is -2.35. The summed E-state index contributed by atoms with van der Waals surface area (Å²) in [7, 11) is 1.47. The smallest absolute Gasteiger partial charge is 0.363 e. The predicted molar refractivity (Wildman–Crippen MR) is 121 cm³/mol. The van der Waals surface area contributed by atoms with Gasteiger partial charge in [-0.1, -0.05) is 18.2 Å². The Bertz CT molecular complexity index is 1350. The molecule has 2 heterocycles. The zero-order valence-corrected chi connectivity index (χ0v) is 18.6. The van der Waals surface area contributed by atoms with Crippen LogP contribution in [0.3, 0.4) is 0 Å². The first-order valence-electron chi connectivity index (χ1n) is 10.6. The van der Waals surface area contributed by atoms with E-state index in [9.17, 15) is 32.9 Å². The number of halogens is 3. The molecule has 1 aliphatic heterocycles. The van der Waals surface area contributed by atoms with Crippen LogP contribution < -0.4 is 15.8 Å². The number of nitrogens with one attached hydrogen (secondary N) is 1. The second-order valence-electron chi connectivity index (χ2n) is 7.98. The number of alkyl halides is 3. The van der Waals surface area contributed by atoms with Gasteiger partial charge in [0.2, 0.25) is 0 Å². The summed E-state index contributed by atoms with van der Waals surface area (Å²) in [6, 6.07) is 9.14. The Kier molecular flexibility index (Phi) is 6.43. The molecule has 35 heavy (non-hydrogen) atoms. The molecule has 13 heteroatoms. The van der Waals surface area contributed by atoms with Crippen LogP contribution in [0.1, 0.15) is 16.1 Å². The Morgan fingerprint density at radius 3 is 2.37 bits per heavy atom. The average molecular weight is 490 g/mol. The predicted octanol–water partition coefficient (Wildman–Crippen LogP) is 2.46. The van der Waals surface area contributed by atoms with Gasteiger partial charge in [0.05, 0.1) is 22.5 Å². The molecule has 0 radical (unpaired) electrons. The van der Waals surface area contributed by atoms with Gasteiger partial charge in [0.15, 0.2) is 5.69 Å². The summed E-state index contributed by atoms with van der Waals surface area (Å²) >= 11 is 0. The summed E-state index contributed by atoms with van der Waals surface area (Å²) in [6.45, 7) is 1.40. The average Bonchev–Trinajstić information content (AvgIpc) is 2.85. The third-order valence-electron chi connectivity index (χ3n) is 5.86. The largest absolute Gasteiger partial charge is 0.416 e. The number of piperazine rings is 1. The maximum Gasteiger partial charge on any atom is 0.416 e. The first kappa shape index (κ1) is 24.1. The van der Waals surface area contributed by atoms with Crippen molar-refractivity contribution >= 4 is 28.1 Å². The number of carbonyl (C=O) groups excluding carboxylic acids is 1. The third-order valence-corrected chi connectivity index (χ3v) is 5.86. The molecule has 1 fully saturated rings. The van der Waals surface area contributed by atoms with Crippen molar-refractivity contribution in [3.8, 4) is 0 Å². The quantitative estimate of drug-likeness (QED) is 0.432. The van der Waals surface area contributed by atoms with Gasteiger partial charge in [-0.2, -0.15) is 18.3 Å². The molecule has 0 spiro atoms. The van der Waals surface area contributed by atoms with Gasteiger partial charge in [0.25, 0.3) is 17.2 Å². The van der Waals surface area contributed by atoms with E-state index in [1.807, 2.05) is 4.90 Å². The van der Waals surface area contributed by atoms with Crippen LogP contribution >= 0.6 is 0 Å². The van der Waals surface area contributed by atoms with E-state index in [0.717, 1.165) is 12.1 Å². The molecule has 4 rings (SSSR count). The highest BCUT2D eigenvalue weighted by Gasteiger charge is 2.34. The van der Waals surface area contributed by atoms with Crippen LogP contribution in [0.5, 0.6) is 0 Å². The van der Waals surface area contributed by atoms with Gasteiger partial charge in [0.1, 0.15) is 5.69 Å². The number of anilines is 1. The monoisotopic (exact) mass is 490 g/mol. The fraction of sp³-hybridized carbons (Fsp3) is 0.318. The summed E-state index contributed by atoms with van der Waals surface area (Å²) in [5, 5.41) is 19.0. The summed E-state index contributed by atoms with van der Waals surface area (Å²) in [4.78, 5) is 39.4. The van der Waals surface area contributed by atoms with E-state index in [1.54, 1.807) is 29.2 Å². The van der Waals surface area contributed by atoms with Gasteiger partial charge in [-0.05, 0) is 18.2 Å². The van der Waals surface area contributed by atoms with E-state index < -0.39 is 28.3 Å². The molecule has 1 N–H and O–H groups in total. The van der Waals surface area contributed by atoms with Crippen molar-refractivity contribution in [1.29, 1.82) is 0 Å². The Hall–Kier alpha value is -4.00. The van der Waals surface area contributed by atoms with E-state index >= 15 is 0 Å². The van der Waals surface area contributed by atoms with Crippen molar-refractivity contribution in [2.24, 2.45) is 0 Å². The minimum Gasteiger partial charge on any atom is -0.363 e. The first-order chi connectivity index (χ1) is 16.6. The van der Waals surface area contributed by atoms with Crippen LogP contribution in [-0.4, -0.2) is 58.7 Å². The molecule has 1 aliphatic rings. The first-order valence-corrected chi connectivity index (χ1v) is 10.6. The van der Waals surface area contributed by atoms with Crippen molar-refractivity contribution in [3.05, 3.63) is 74.2 Å². The molecule has 184 valence electrons. The fourth-order valence-corrected chi connectivity index (χ4v) is 4.05. The van der Waals surface area contributed by atoms with Crippen LogP contribution in [0.2, 0.25) is 0 Å². The van der Waals surface area contributed by atoms with Crippen LogP contribution in [-0.2, 0) is 12.8 Å². The number of aromatic nitrogens is 2. The summed E-state index contributed by atoms with van der Waals surface area (Å²) < 4.78 is 40.2. The van der Waals surface area contributed by atoms with Gasteiger partial charge < -0.3 is 10.2 Å². The lowest BCUT2D eigenvalue weighted by atomic mass is 10.1. The number of carbonyl (C=O) groups is 1. The zero-order valence-electron chi connectivity index (χ0n) is 18.6. The molecule has 1 saturated heterocycles. The Morgan fingerprint density at radius 1 is 1.11 bits per heavy atom. The topological polar surface area (TPSA) is 114 Å². The molecular formula is C22H21F3N6O4. The standard InChI is InChI=1S/C22H21F3N6O4/c1-26-20(32)19-15-4-2-3-5-16(15)21(33)30(27-19)13-28-8-10-29(11-9-28)17-7-6-14(22(23,24)25)12-18(17)31(34)35/h2-7,12H,8-11,13H2,1H3,(H,26,32). The minimum absolute atomic E-state index is 0.0800. The normalized spacial score (nSPS) is 14.8. The highest BCUT2D eigenvalue weighted by atomic mass is 19.4. The molecule has 10 nitrogen and oxygen atoms in total. The van der Waals surface area contributed by atoms with E-state index in [0.29, 0.717) is 29.9 Å². The molecule has 0 aliphatic carbocycles. The number of nitro benzene ring substituents is 1. The lowest BCUT2D eigenvalue weighted by molar-refractivity contribution is -0.384. The maximum absolute atomic E-state index is 13.0. The number of fused-ring (bicyclic) bond motifs is 1. The highest BCUT2D eigenvalue weighted by Crippen LogP contribution is 2.36. The van der Waals surface area contributed by atoms with Gasteiger partial charge in [-0.25, -0.2) is 4.68 Å². The molecule has 0 bridgehead atoms. The SMILES string of the molecule is CNC(=O)c1nn(CN2CCN(c3ccc(C(F)(F)F)cc3[N+](=O)[O-])CC2)c(=O)c2ccccc12. The lowest BCUT2D eigenvalue weighted by Crippen LogP contribution is -2.48. The fourth-order valence-electron chi connectivity index (χ4n) is 4.05. The van der Waals surface area contributed by atoms with Crippen molar-refractivity contribution in [1.82, 2.24) is 20.0 Å². The molecule has 0 unspecified atom stereocenters. The van der Waals surface area contributed by atoms with Gasteiger partial charge >= 0.3 is 6.18 Å². The number of nitrogens with zero attached hydrogens (tertiary/aromatic N) is 5. The molecular weight excluding hydrogens is 469 g/mol. The second-order valence-corrected chi connectivity index (χ2v) is 7.98. The molecule has 1 aromatic heterocycles. The van der Waals surface area contributed by atoms with Crippen molar-refractivity contribution in [2.45, 2.75) is 12.8 Å². The third kappa shape index (κ3) is 4.80. The Balaban J connectivity index is 1.55. The Labute approximate surface area is 196 Å². The molecule has 3 aromatic rings. The molecule has 0 saturated carbocycles. The van der Waals surface area contributed by atoms with Gasteiger partial charge in [0, 0.05) is 44.7 Å². The van der Waals surface area contributed by atoms with Gasteiger partial charge in [-0.3, -0.25) is 24.6 Å². The van der Waals surface area contributed by atoms with E-state index in [1.165, 1.54) is 11.7 Å². The number of rotatable bonds is 5. The summed E-state index contributed by atoms with van der Waals surface area (Å²) in [5.74, 6) is -0.436. The van der Waals surface area contributed by atoms with Crippen LogP contribution in [0, 0.1) is 10.1 Å². The van der Waals surface area contributed by atoms with E-state index in [-0.39, 0.29) is 36.7 Å². The number of hydrogen-bond acceptors (Lipinski definition) is 7. The number of nitro groups is 1. The summed E-state index contributed by atoms with van der Waals surface area (Å²) in [5.41, 5.74) is -1.85. The van der Waals surface area contributed by atoms with Crippen LogP contribution in [0.15, 0.2) is 47.3 Å². The number of hydrogen-bond donors (Lipinski definition) is 1. The maximum atomic E-state index is 13.0. The van der Waals surface area contributed by atoms with Gasteiger partial charge in [-0.15, -0.1) is 0 Å². The van der Waals surface area contributed by atoms with Crippen molar-refractivity contribution in [2.75, 3.05) is 38.1 Å². The molecule has 2 aromatic carbocycles. The van der Waals surface area contributed by atoms with Crippen molar-refractivity contribution in [3.63, 3.8) is 0 Å². The number of amides is 1. The van der Waals surface area contributed by atoms with E-state index in [2.05, 4.69) is 10.4 Å². The van der Waals surface area contributed by atoms with Crippen LogP contribution in [0.4, 0.5) is 24.5 Å². The van der Waals surface area contributed by atoms with Crippen molar-refractivity contribution < 1.29 is 22.9 Å². The summed E-state index contributed by atoms with van der Waals surface area (Å²) in [6.07, 6.45) is -4.68. The minimum atomic E-state index is -4.68. The number of benzene rings is 2. The molecule has 1 amide bonds. The zero-order chi connectivity index (χ0) is 25.3. The Morgan fingerprint density at radius 2 is 1.77 bits per heavy atom. The van der Waals surface area contributed by atoms with E-state index in [4.69, 9.17) is 0 Å².